The van der Waals surface area contributed by atoms with Crippen molar-refractivity contribution in [3.8, 4) is 0 Å². The van der Waals surface area contributed by atoms with Crippen molar-refractivity contribution in [2.45, 2.75) is 6.92 Å². The number of anilines is 1. The van der Waals surface area contributed by atoms with Crippen molar-refractivity contribution >= 4 is 22.5 Å². The van der Waals surface area contributed by atoms with E-state index >= 15 is 0 Å². The molecular weight excluding hydrogens is 254 g/mol. The van der Waals surface area contributed by atoms with Gasteiger partial charge >= 0.3 is 5.97 Å². The standard InChI is InChI=1S/C11H19N3O3S/c1-8-9(11(15)16)10(18-13-8)12-4-5-14(2)6-7-17-3/h12H,4-7H2,1-3H3,(H,15,16). The SMILES string of the molecule is COCCN(C)CCNc1snc(C)c1C(=O)O. The van der Waals surface area contributed by atoms with Crippen LogP contribution in [-0.4, -0.2) is 60.7 Å². The molecule has 1 rings (SSSR count). The van der Waals surface area contributed by atoms with Crippen LogP contribution in [0.5, 0.6) is 0 Å². The maximum atomic E-state index is 11.0. The van der Waals surface area contributed by atoms with Crippen LogP contribution in [0.15, 0.2) is 0 Å². The minimum Gasteiger partial charge on any atom is -0.478 e. The third kappa shape index (κ3) is 4.25. The van der Waals surface area contributed by atoms with Crippen molar-refractivity contribution in [2.24, 2.45) is 0 Å². The molecule has 0 amide bonds. The summed E-state index contributed by atoms with van der Waals surface area (Å²) in [7, 11) is 3.67. The third-order valence-corrected chi connectivity index (χ3v) is 3.43. The second-order valence-electron chi connectivity index (χ2n) is 4.00. The number of hydrogen-bond acceptors (Lipinski definition) is 6. The van der Waals surface area contributed by atoms with Crippen LogP contribution in [0.25, 0.3) is 0 Å². The van der Waals surface area contributed by atoms with E-state index in [4.69, 9.17) is 9.84 Å². The Bertz CT molecular complexity index is 395. The first-order valence-electron chi connectivity index (χ1n) is 5.67. The molecule has 6 nitrogen and oxygen atoms in total. The lowest BCUT2D eigenvalue weighted by Crippen LogP contribution is -2.28. The van der Waals surface area contributed by atoms with E-state index < -0.39 is 5.97 Å². The van der Waals surface area contributed by atoms with E-state index in [2.05, 4.69) is 14.6 Å². The van der Waals surface area contributed by atoms with Crippen molar-refractivity contribution in [3.63, 3.8) is 0 Å². The molecule has 0 radical (unpaired) electrons. The van der Waals surface area contributed by atoms with E-state index in [0.717, 1.165) is 13.1 Å². The molecule has 0 spiro atoms. The fourth-order valence-corrected chi connectivity index (χ4v) is 2.27. The summed E-state index contributed by atoms with van der Waals surface area (Å²) in [5.41, 5.74) is 0.835. The van der Waals surface area contributed by atoms with Gasteiger partial charge < -0.3 is 20.1 Å². The highest BCUT2D eigenvalue weighted by molar-refractivity contribution is 7.10. The first kappa shape index (κ1) is 14.9. The molecule has 0 aromatic carbocycles. The van der Waals surface area contributed by atoms with Gasteiger partial charge in [-0.15, -0.1) is 0 Å². The van der Waals surface area contributed by atoms with Crippen LogP contribution in [0.3, 0.4) is 0 Å². The predicted octanol–water partition coefficient (Wildman–Crippen LogP) is 1.14. The zero-order valence-electron chi connectivity index (χ0n) is 10.9. The molecular formula is C11H19N3O3S. The number of aromatic carboxylic acids is 1. The normalized spacial score (nSPS) is 10.9. The highest BCUT2D eigenvalue weighted by atomic mass is 32.1. The number of rotatable bonds is 8. The van der Waals surface area contributed by atoms with E-state index in [1.165, 1.54) is 11.5 Å². The van der Waals surface area contributed by atoms with Gasteiger partial charge in [-0.2, -0.15) is 4.37 Å². The second kappa shape index (κ2) is 7.30. The summed E-state index contributed by atoms with van der Waals surface area (Å²) in [6, 6.07) is 0. The van der Waals surface area contributed by atoms with E-state index in [0.29, 0.717) is 23.8 Å². The minimum atomic E-state index is -0.934. The lowest BCUT2D eigenvalue weighted by molar-refractivity contribution is 0.0697. The number of nitrogens with zero attached hydrogens (tertiary/aromatic N) is 2. The summed E-state index contributed by atoms with van der Waals surface area (Å²) in [5, 5.41) is 12.8. The number of nitrogens with one attached hydrogen (secondary N) is 1. The maximum absolute atomic E-state index is 11.0. The van der Waals surface area contributed by atoms with Gasteiger partial charge in [-0.25, -0.2) is 4.79 Å². The summed E-state index contributed by atoms with van der Waals surface area (Å²) in [6.07, 6.45) is 0. The molecule has 18 heavy (non-hydrogen) atoms. The molecule has 1 aromatic heterocycles. The van der Waals surface area contributed by atoms with E-state index in [-0.39, 0.29) is 5.56 Å². The molecule has 0 unspecified atom stereocenters. The number of carboxylic acids is 1. The van der Waals surface area contributed by atoms with Gasteiger partial charge in [-0.3, -0.25) is 0 Å². The van der Waals surface area contributed by atoms with Crippen LogP contribution >= 0.6 is 11.5 Å². The first-order valence-corrected chi connectivity index (χ1v) is 6.44. The van der Waals surface area contributed by atoms with Crippen LogP contribution in [0, 0.1) is 6.92 Å². The molecule has 0 atom stereocenters. The van der Waals surface area contributed by atoms with Gasteiger partial charge in [0.25, 0.3) is 0 Å². The van der Waals surface area contributed by atoms with Crippen molar-refractivity contribution in [1.29, 1.82) is 0 Å². The Balaban J connectivity index is 2.42. The number of aryl methyl sites for hydroxylation is 1. The van der Waals surface area contributed by atoms with Gasteiger partial charge in [-0.1, -0.05) is 0 Å². The molecule has 0 fully saturated rings. The number of carbonyl (C=O) groups is 1. The number of aromatic nitrogens is 1. The average molecular weight is 273 g/mol. The summed E-state index contributed by atoms with van der Waals surface area (Å²) in [4.78, 5) is 13.2. The topological polar surface area (TPSA) is 74.7 Å². The Morgan fingerprint density at radius 3 is 2.89 bits per heavy atom. The van der Waals surface area contributed by atoms with E-state index in [9.17, 15) is 4.79 Å². The van der Waals surface area contributed by atoms with Crippen LogP contribution < -0.4 is 5.32 Å². The molecule has 1 heterocycles. The first-order chi connectivity index (χ1) is 8.56. The summed E-state index contributed by atoms with van der Waals surface area (Å²) >= 11 is 1.19. The molecule has 2 N–H and O–H groups in total. The van der Waals surface area contributed by atoms with Crippen LogP contribution in [0.2, 0.25) is 0 Å². The molecule has 0 saturated heterocycles. The maximum Gasteiger partial charge on any atom is 0.340 e. The van der Waals surface area contributed by atoms with Crippen molar-refractivity contribution in [2.75, 3.05) is 45.7 Å². The molecule has 7 heteroatoms. The van der Waals surface area contributed by atoms with Gasteiger partial charge in [0.2, 0.25) is 0 Å². The highest BCUT2D eigenvalue weighted by Crippen LogP contribution is 2.23. The number of ether oxygens (including phenoxy) is 1. The van der Waals surface area contributed by atoms with Crippen molar-refractivity contribution < 1.29 is 14.6 Å². The Morgan fingerprint density at radius 2 is 2.28 bits per heavy atom. The Hall–Kier alpha value is -1.18. The molecule has 102 valence electrons. The van der Waals surface area contributed by atoms with Gasteiger partial charge in [-0.05, 0) is 25.5 Å². The number of likely N-dealkylation sites (N-methyl/N-ethyl adjacent to an activating group) is 1. The van der Waals surface area contributed by atoms with Gasteiger partial charge in [0.1, 0.15) is 10.6 Å². The van der Waals surface area contributed by atoms with E-state index in [1.807, 2.05) is 7.05 Å². The van der Waals surface area contributed by atoms with E-state index in [1.54, 1.807) is 14.0 Å². The Labute approximate surface area is 111 Å². The third-order valence-electron chi connectivity index (χ3n) is 2.53. The molecule has 0 saturated carbocycles. The summed E-state index contributed by atoms with van der Waals surface area (Å²) < 4.78 is 9.03. The van der Waals surface area contributed by atoms with Crippen molar-refractivity contribution in [1.82, 2.24) is 9.27 Å². The lowest BCUT2D eigenvalue weighted by Gasteiger charge is -2.16. The predicted molar refractivity (Wildman–Crippen MR) is 71.7 cm³/mol. The number of methoxy groups -OCH3 is 1. The monoisotopic (exact) mass is 273 g/mol. The van der Waals surface area contributed by atoms with Gasteiger partial charge in [0.15, 0.2) is 0 Å². The average Bonchev–Trinajstić information content (AvgIpc) is 2.68. The summed E-state index contributed by atoms with van der Waals surface area (Å²) in [5.74, 6) is -0.934. The Morgan fingerprint density at radius 1 is 1.56 bits per heavy atom. The zero-order valence-corrected chi connectivity index (χ0v) is 11.7. The Kier molecular flexibility index (Phi) is 6.03. The zero-order chi connectivity index (χ0) is 13.5. The van der Waals surface area contributed by atoms with Gasteiger partial charge in [0, 0.05) is 26.7 Å². The van der Waals surface area contributed by atoms with Gasteiger partial charge in [0.05, 0.1) is 12.3 Å². The quantitative estimate of drug-likeness (QED) is 0.740. The fraction of sp³-hybridized carbons (Fsp3) is 0.636. The highest BCUT2D eigenvalue weighted by Gasteiger charge is 2.16. The number of carboxylic acid groups (broad SMARTS) is 1. The second-order valence-corrected chi connectivity index (χ2v) is 4.77. The molecule has 0 aliphatic heterocycles. The number of hydrogen-bond donors (Lipinski definition) is 2. The van der Waals surface area contributed by atoms with Crippen LogP contribution in [0.1, 0.15) is 16.1 Å². The van der Waals surface area contributed by atoms with Crippen molar-refractivity contribution in [3.05, 3.63) is 11.3 Å². The van der Waals surface area contributed by atoms with Crippen LogP contribution in [0.4, 0.5) is 5.00 Å². The largest absolute Gasteiger partial charge is 0.478 e. The molecule has 0 aliphatic rings. The summed E-state index contributed by atoms with van der Waals surface area (Å²) in [6.45, 7) is 4.75. The minimum absolute atomic E-state index is 0.277. The molecule has 0 bridgehead atoms. The fourth-order valence-electron chi connectivity index (χ4n) is 1.46. The smallest absolute Gasteiger partial charge is 0.340 e. The van der Waals surface area contributed by atoms with Crippen LogP contribution in [-0.2, 0) is 4.74 Å². The molecule has 1 aromatic rings. The molecule has 0 aliphatic carbocycles. The lowest BCUT2D eigenvalue weighted by atomic mass is 10.2.